The Labute approximate surface area is 259 Å². The van der Waals surface area contributed by atoms with Gasteiger partial charge in [0.15, 0.2) is 5.13 Å². The van der Waals surface area contributed by atoms with Gasteiger partial charge in [-0.25, -0.2) is 4.98 Å². The Morgan fingerprint density at radius 1 is 1.26 bits per heavy atom. The molecule has 2 amide bonds. The van der Waals surface area contributed by atoms with Crippen molar-refractivity contribution in [3.63, 3.8) is 0 Å². The Hall–Kier alpha value is -2.84. The number of rotatable bonds is 8. The number of nitriles is 1. The second-order valence-electron chi connectivity index (χ2n) is 13.4. The van der Waals surface area contributed by atoms with Crippen molar-refractivity contribution in [2.24, 2.45) is 23.2 Å². The number of fused-ring (bicyclic) bond motifs is 2. The number of nitrogens with one attached hydrogen (secondary N) is 1. The monoisotopic (exact) mass is 606 g/mol. The number of amides is 2. The largest absolute Gasteiger partial charge is 0.392 e. The van der Waals surface area contributed by atoms with Gasteiger partial charge in [0.1, 0.15) is 0 Å². The summed E-state index contributed by atoms with van der Waals surface area (Å²) in [5.41, 5.74) is 2.67. The quantitative estimate of drug-likeness (QED) is 0.463. The molecular weight excluding hydrogens is 560 g/mol. The fraction of sp³-hybridized carbons (Fsp3) is 0.636. The van der Waals surface area contributed by atoms with E-state index in [-0.39, 0.29) is 40.9 Å². The van der Waals surface area contributed by atoms with E-state index in [2.05, 4.69) is 42.1 Å². The number of piperazine rings is 1. The fourth-order valence-corrected chi connectivity index (χ4v) is 8.91. The van der Waals surface area contributed by atoms with E-state index in [0.717, 1.165) is 57.7 Å². The van der Waals surface area contributed by atoms with Crippen LogP contribution in [0.2, 0.25) is 0 Å². The van der Waals surface area contributed by atoms with E-state index >= 15 is 0 Å². The number of likely N-dealkylation sites (N-methyl/N-ethyl adjacent to an activating group) is 1. The molecular formula is C33H46N6O3S. The third-order valence-electron chi connectivity index (χ3n) is 10.3. The third-order valence-corrected chi connectivity index (χ3v) is 11.3. The van der Waals surface area contributed by atoms with Gasteiger partial charge >= 0.3 is 0 Å². The van der Waals surface area contributed by atoms with Crippen LogP contribution in [-0.4, -0.2) is 89.5 Å². The lowest BCUT2D eigenvalue weighted by atomic mass is 9.53. The summed E-state index contributed by atoms with van der Waals surface area (Å²) in [6.45, 7) is 11.9. The molecule has 232 valence electrons. The minimum atomic E-state index is -0.630. The van der Waals surface area contributed by atoms with E-state index < -0.39 is 6.10 Å². The summed E-state index contributed by atoms with van der Waals surface area (Å²) in [4.78, 5) is 38.7. The number of hydrogen-bond donors (Lipinski definition) is 2. The Morgan fingerprint density at radius 3 is 2.63 bits per heavy atom. The summed E-state index contributed by atoms with van der Waals surface area (Å²) in [6, 6.07) is 9.96. The van der Waals surface area contributed by atoms with Crippen molar-refractivity contribution >= 4 is 28.3 Å². The van der Waals surface area contributed by atoms with Gasteiger partial charge in [0, 0.05) is 68.6 Å². The first-order valence-corrected chi connectivity index (χ1v) is 16.4. The van der Waals surface area contributed by atoms with E-state index in [0.29, 0.717) is 23.7 Å². The number of aliphatic hydroxyl groups is 1. The van der Waals surface area contributed by atoms with E-state index in [9.17, 15) is 14.7 Å². The third kappa shape index (κ3) is 6.65. The van der Waals surface area contributed by atoms with Gasteiger partial charge in [-0.1, -0.05) is 32.9 Å². The van der Waals surface area contributed by atoms with Gasteiger partial charge < -0.3 is 14.9 Å². The molecule has 1 saturated carbocycles. The Kier molecular flexibility index (Phi) is 9.57. The molecule has 2 aliphatic carbocycles. The first-order chi connectivity index (χ1) is 20.5. The summed E-state index contributed by atoms with van der Waals surface area (Å²) >= 11 is 1.55. The molecule has 3 aliphatic rings. The number of hydrogen-bond acceptors (Lipinski definition) is 8. The van der Waals surface area contributed by atoms with Gasteiger partial charge in [0.05, 0.1) is 24.3 Å². The normalized spacial score (nSPS) is 28.3. The van der Waals surface area contributed by atoms with Crippen LogP contribution in [0.25, 0.3) is 0 Å². The van der Waals surface area contributed by atoms with Crippen molar-refractivity contribution in [3.8, 4) is 6.07 Å². The molecule has 1 aromatic heterocycles. The summed E-state index contributed by atoms with van der Waals surface area (Å²) < 4.78 is 0. The van der Waals surface area contributed by atoms with Crippen LogP contribution in [0, 0.1) is 34.5 Å². The van der Waals surface area contributed by atoms with Gasteiger partial charge in [-0.15, -0.1) is 11.3 Å². The van der Waals surface area contributed by atoms with Crippen molar-refractivity contribution in [2.75, 3.05) is 52.1 Å². The van der Waals surface area contributed by atoms with Gasteiger partial charge in [0.25, 0.3) is 5.91 Å². The molecule has 1 aliphatic heterocycles. The van der Waals surface area contributed by atoms with Crippen LogP contribution in [0.5, 0.6) is 0 Å². The van der Waals surface area contributed by atoms with E-state index in [4.69, 9.17) is 10.2 Å². The van der Waals surface area contributed by atoms with E-state index in [1.54, 1.807) is 23.3 Å². The average Bonchev–Trinajstić information content (AvgIpc) is 3.38. The van der Waals surface area contributed by atoms with Crippen LogP contribution in [-0.2, 0) is 17.8 Å². The van der Waals surface area contributed by atoms with Crippen molar-refractivity contribution in [1.29, 1.82) is 5.26 Å². The molecule has 0 radical (unpaired) electrons. The van der Waals surface area contributed by atoms with Crippen molar-refractivity contribution in [2.45, 2.75) is 65.0 Å². The average molecular weight is 607 g/mol. The number of benzene rings is 1. The highest BCUT2D eigenvalue weighted by Crippen LogP contribution is 2.57. The van der Waals surface area contributed by atoms with Crippen LogP contribution >= 0.6 is 11.3 Å². The van der Waals surface area contributed by atoms with Crippen LogP contribution in [0.4, 0.5) is 5.13 Å². The maximum atomic E-state index is 13.2. The number of carbonyl (C=O) groups is 2. The molecule has 2 heterocycles. The lowest BCUT2D eigenvalue weighted by molar-refractivity contribution is -0.143. The predicted octanol–water partition coefficient (Wildman–Crippen LogP) is 4.20. The minimum absolute atomic E-state index is 0.000862. The summed E-state index contributed by atoms with van der Waals surface area (Å²) in [5.74, 6) is -0.677. The lowest BCUT2D eigenvalue weighted by Crippen LogP contribution is -2.53. The zero-order chi connectivity index (χ0) is 30.9. The van der Waals surface area contributed by atoms with Gasteiger partial charge in [-0.3, -0.25) is 19.8 Å². The molecule has 0 unspecified atom stereocenters. The van der Waals surface area contributed by atoms with Crippen molar-refractivity contribution in [1.82, 2.24) is 19.7 Å². The number of aromatic nitrogens is 1. The molecule has 0 bridgehead atoms. The molecule has 5 rings (SSSR count). The summed E-state index contributed by atoms with van der Waals surface area (Å²) in [6.07, 6.45) is 2.17. The zero-order valence-electron chi connectivity index (χ0n) is 26.2. The van der Waals surface area contributed by atoms with E-state index in [1.165, 1.54) is 10.4 Å². The van der Waals surface area contributed by atoms with Crippen LogP contribution in [0.15, 0.2) is 24.3 Å². The molecule has 9 nitrogen and oxygen atoms in total. The highest BCUT2D eigenvalue weighted by Gasteiger charge is 2.54. The summed E-state index contributed by atoms with van der Waals surface area (Å²) in [5, 5.41) is 24.3. The fourth-order valence-electron chi connectivity index (χ4n) is 7.65. The van der Waals surface area contributed by atoms with Crippen LogP contribution in [0.3, 0.4) is 0 Å². The molecule has 2 aromatic rings. The first-order valence-electron chi connectivity index (χ1n) is 15.6. The van der Waals surface area contributed by atoms with Gasteiger partial charge in [-0.05, 0) is 61.3 Å². The van der Waals surface area contributed by atoms with Crippen molar-refractivity contribution < 1.29 is 14.7 Å². The number of aliphatic hydroxyl groups excluding tert-OH is 1. The molecule has 2 fully saturated rings. The number of carbonyl (C=O) groups excluding carboxylic acids is 2. The smallest absolute Gasteiger partial charge is 0.257 e. The van der Waals surface area contributed by atoms with Gasteiger partial charge in [-0.2, -0.15) is 5.26 Å². The standard InChI is InChI=1S/C33H46N6O3S/c1-21(31(42)38(5)14-6-13-34)25-11-12-33(3)19-26-28(22(2)27(33)29(25)40)35-32(43-26)36-30(41)24-9-7-23(8-10-24)20-39-17-15-37(4)16-18-39/h7-10,21-22,25,27,29,40H,6,11-12,14-20H2,1-5H3,(H,35,36,41)/t21-,22-,25+,27+,29-,33-/m0/s1. The Bertz CT molecular complexity index is 1350. The number of thiazole rings is 1. The maximum Gasteiger partial charge on any atom is 0.257 e. The molecule has 43 heavy (non-hydrogen) atoms. The predicted molar refractivity (Wildman–Crippen MR) is 169 cm³/mol. The highest BCUT2D eigenvalue weighted by molar-refractivity contribution is 7.15. The first kappa shape index (κ1) is 31.6. The molecule has 1 saturated heterocycles. The lowest BCUT2D eigenvalue weighted by Gasteiger charge is -2.53. The zero-order valence-corrected chi connectivity index (χ0v) is 27.0. The molecule has 6 atom stereocenters. The molecule has 1 aromatic carbocycles. The number of anilines is 1. The summed E-state index contributed by atoms with van der Waals surface area (Å²) in [7, 11) is 3.89. The van der Waals surface area contributed by atoms with Crippen LogP contribution in [0.1, 0.15) is 72.4 Å². The Morgan fingerprint density at radius 2 is 1.95 bits per heavy atom. The van der Waals surface area contributed by atoms with Gasteiger partial charge in [0.2, 0.25) is 5.91 Å². The van der Waals surface area contributed by atoms with E-state index in [1.807, 2.05) is 31.2 Å². The Balaban J connectivity index is 1.24. The molecule has 2 N–H and O–H groups in total. The minimum Gasteiger partial charge on any atom is -0.392 e. The topological polar surface area (TPSA) is 113 Å². The SMILES string of the molecule is C[C@H](C(=O)N(C)CCC#N)[C@H]1CC[C@@]2(C)Cc3sc(NC(=O)c4ccc(CN5CCN(C)CC5)cc4)nc3[C@@H](C)[C@@H]2[C@H]1O. The molecule has 10 heteroatoms. The molecule has 0 spiro atoms. The maximum absolute atomic E-state index is 13.2. The highest BCUT2D eigenvalue weighted by atomic mass is 32.1. The number of nitrogens with zero attached hydrogens (tertiary/aromatic N) is 5. The van der Waals surface area contributed by atoms with Crippen molar-refractivity contribution in [3.05, 3.63) is 46.0 Å². The second kappa shape index (κ2) is 13.0. The van der Waals surface area contributed by atoms with Crippen LogP contribution < -0.4 is 5.32 Å². The second-order valence-corrected chi connectivity index (χ2v) is 14.4.